The number of aliphatic hydroxyl groups excluding tert-OH is 1. The summed E-state index contributed by atoms with van der Waals surface area (Å²) < 4.78 is 0. The Labute approximate surface area is 109 Å². The van der Waals surface area contributed by atoms with Crippen molar-refractivity contribution in [3.8, 4) is 0 Å². The minimum atomic E-state index is -0.837. The van der Waals surface area contributed by atoms with Gasteiger partial charge in [0, 0.05) is 12.2 Å². The number of anilines is 2. The molecule has 0 fully saturated rings. The third-order valence-electron chi connectivity index (χ3n) is 2.02. The molecule has 0 aliphatic rings. The molecule has 1 unspecified atom stereocenters. The predicted octanol–water partition coefficient (Wildman–Crippen LogP) is 0.358. The van der Waals surface area contributed by atoms with E-state index in [0.717, 1.165) is 0 Å². The van der Waals surface area contributed by atoms with Gasteiger partial charge in [-0.25, -0.2) is 0 Å². The lowest BCUT2D eigenvalue weighted by Crippen LogP contribution is -2.38. The summed E-state index contributed by atoms with van der Waals surface area (Å²) in [5.74, 6) is -1.67. The molecule has 0 bridgehead atoms. The van der Waals surface area contributed by atoms with Gasteiger partial charge in [-0.3, -0.25) is 9.59 Å². The Morgan fingerprint density at radius 3 is 2.67 bits per heavy atom. The average molecular weight is 272 g/mol. The summed E-state index contributed by atoms with van der Waals surface area (Å²) in [6.45, 7) is 1.51. The van der Waals surface area contributed by atoms with Gasteiger partial charge in [-0.1, -0.05) is 11.6 Å². The fourth-order valence-corrected chi connectivity index (χ4v) is 1.29. The van der Waals surface area contributed by atoms with Gasteiger partial charge in [0.2, 0.25) is 0 Å². The summed E-state index contributed by atoms with van der Waals surface area (Å²) in [4.78, 5) is 22.8. The first-order valence-electron chi connectivity index (χ1n) is 5.22. The molecule has 0 aliphatic heterocycles. The highest BCUT2D eigenvalue weighted by atomic mass is 35.5. The fraction of sp³-hybridized carbons (Fsp3) is 0.273. The smallest absolute Gasteiger partial charge is 0.313 e. The number of carbonyl (C=O) groups excluding carboxylic acids is 2. The predicted molar refractivity (Wildman–Crippen MR) is 69.2 cm³/mol. The topological polar surface area (TPSA) is 104 Å². The number of carbonyl (C=O) groups is 2. The number of benzene rings is 1. The highest BCUT2D eigenvalue weighted by Crippen LogP contribution is 2.22. The van der Waals surface area contributed by atoms with E-state index in [1.165, 1.54) is 25.1 Å². The molecule has 1 aromatic rings. The number of amides is 2. The number of hydrogen-bond donors (Lipinski definition) is 4. The number of hydrogen-bond acceptors (Lipinski definition) is 4. The van der Waals surface area contributed by atoms with Crippen molar-refractivity contribution in [3.05, 3.63) is 23.2 Å². The molecule has 0 radical (unpaired) electrons. The molecule has 98 valence electrons. The van der Waals surface area contributed by atoms with Crippen molar-refractivity contribution >= 4 is 34.8 Å². The minimum Gasteiger partial charge on any atom is -0.398 e. The zero-order chi connectivity index (χ0) is 13.7. The van der Waals surface area contributed by atoms with Gasteiger partial charge in [0.05, 0.1) is 16.8 Å². The number of nitrogens with two attached hydrogens (primary N) is 1. The third-order valence-corrected chi connectivity index (χ3v) is 2.35. The number of nitrogen functional groups attached to an aromatic ring is 1. The molecular formula is C11H14ClN3O3. The maximum atomic E-state index is 11.4. The number of nitrogens with one attached hydrogen (secondary N) is 2. The van der Waals surface area contributed by atoms with E-state index >= 15 is 0 Å². The second kappa shape index (κ2) is 6.23. The van der Waals surface area contributed by atoms with Crippen LogP contribution in [0.5, 0.6) is 0 Å². The van der Waals surface area contributed by atoms with Gasteiger partial charge in [0.15, 0.2) is 0 Å². The van der Waals surface area contributed by atoms with E-state index in [1.54, 1.807) is 0 Å². The summed E-state index contributed by atoms with van der Waals surface area (Å²) in [6.07, 6.45) is -0.715. The molecule has 0 spiro atoms. The van der Waals surface area contributed by atoms with Crippen molar-refractivity contribution < 1.29 is 14.7 Å². The highest BCUT2D eigenvalue weighted by Gasteiger charge is 2.14. The molecule has 0 aliphatic carbocycles. The standard InChI is InChI=1S/C11H14ClN3O3/c1-6(16)5-14-10(17)11(18)15-7-2-3-9(13)8(12)4-7/h2-4,6,16H,5,13H2,1H3,(H,14,17)(H,15,18). The second-order valence-corrected chi connectivity index (χ2v) is 4.16. The summed E-state index contributed by atoms with van der Waals surface area (Å²) in [5.41, 5.74) is 6.26. The van der Waals surface area contributed by atoms with Crippen LogP contribution in [0.2, 0.25) is 5.02 Å². The van der Waals surface area contributed by atoms with E-state index in [9.17, 15) is 9.59 Å². The zero-order valence-electron chi connectivity index (χ0n) is 9.74. The van der Waals surface area contributed by atoms with Gasteiger partial charge in [0.1, 0.15) is 0 Å². The van der Waals surface area contributed by atoms with Gasteiger partial charge < -0.3 is 21.5 Å². The van der Waals surface area contributed by atoms with E-state index in [2.05, 4.69) is 10.6 Å². The molecule has 0 saturated heterocycles. The van der Waals surface area contributed by atoms with Crippen LogP contribution < -0.4 is 16.4 Å². The molecule has 5 N–H and O–H groups in total. The largest absolute Gasteiger partial charge is 0.398 e. The Hall–Kier alpha value is -1.79. The van der Waals surface area contributed by atoms with Gasteiger partial charge >= 0.3 is 11.8 Å². The number of aliphatic hydroxyl groups is 1. The van der Waals surface area contributed by atoms with Crippen LogP contribution in [0.15, 0.2) is 18.2 Å². The normalized spacial score (nSPS) is 11.7. The summed E-state index contributed by atoms with van der Waals surface area (Å²) in [6, 6.07) is 4.49. The molecular weight excluding hydrogens is 258 g/mol. The van der Waals surface area contributed by atoms with E-state index in [4.69, 9.17) is 22.4 Å². The van der Waals surface area contributed by atoms with E-state index in [-0.39, 0.29) is 11.6 Å². The molecule has 1 aromatic carbocycles. The molecule has 18 heavy (non-hydrogen) atoms. The van der Waals surface area contributed by atoms with Gasteiger partial charge in [0.25, 0.3) is 0 Å². The second-order valence-electron chi connectivity index (χ2n) is 3.75. The molecule has 2 amide bonds. The summed E-state index contributed by atoms with van der Waals surface area (Å²) in [5, 5.41) is 13.9. The maximum Gasteiger partial charge on any atom is 0.313 e. The number of rotatable bonds is 3. The van der Waals surface area contributed by atoms with Gasteiger partial charge in [-0.2, -0.15) is 0 Å². The minimum absolute atomic E-state index is 0.00868. The third kappa shape index (κ3) is 4.23. The average Bonchev–Trinajstić information content (AvgIpc) is 2.30. The first-order chi connectivity index (χ1) is 8.40. The molecule has 6 nitrogen and oxygen atoms in total. The van der Waals surface area contributed by atoms with Crippen LogP contribution in [0.1, 0.15) is 6.92 Å². The molecule has 7 heteroatoms. The van der Waals surface area contributed by atoms with Crippen molar-refractivity contribution in [2.24, 2.45) is 0 Å². The summed E-state index contributed by atoms with van der Waals surface area (Å²) in [7, 11) is 0. The molecule has 0 heterocycles. The van der Waals surface area contributed by atoms with Crippen molar-refractivity contribution in [3.63, 3.8) is 0 Å². The van der Waals surface area contributed by atoms with E-state index in [0.29, 0.717) is 11.4 Å². The van der Waals surface area contributed by atoms with Crippen molar-refractivity contribution in [1.82, 2.24) is 5.32 Å². The first kappa shape index (κ1) is 14.3. The van der Waals surface area contributed by atoms with Gasteiger partial charge in [-0.05, 0) is 25.1 Å². The Balaban J connectivity index is 2.58. The zero-order valence-corrected chi connectivity index (χ0v) is 10.5. The van der Waals surface area contributed by atoms with Crippen LogP contribution >= 0.6 is 11.6 Å². The van der Waals surface area contributed by atoms with Crippen molar-refractivity contribution in [2.75, 3.05) is 17.6 Å². The summed E-state index contributed by atoms with van der Waals surface area (Å²) >= 11 is 5.77. The lowest BCUT2D eigenvalue weighted by molar-refractivity contribution is -0.136. The Bertz CT molecular complexity index is 463. The Kier molecular flexibility index (Phi) is 4.94. The van der Waals surface area contributed by atoms with Crippen LogP contribution in [0.4, 0.5) is 11.4 Å². The van der Waals surface area contributed by atoms with E-state index in [1.807, 2.05) is 0 Å². The quantitative estimate of drug-likeness (QED) is 0.470. The monoisotopic (exact) mass is 271 g/mol. The first-order valence-corrected chi connectivity index (χ1v) is 5.60. The van der Waals surface area contributed by atoms with Crippen LogP contribution in [-0.2, 0) is 9.59 Å². The highest BCUT2D eigenvalue weighted by molar-refractivity contribution is 6.40. The van der Waals surface area contributed by atoms with Crippen molar-refractivity contribution in [1.29, 1.82) is 0 Å². The molecule has 0 saturated carbocycles. The van der Waals surface area contributed by atoms with Crippen LogP contribution in [0.25, 0.3) is 0 Å². The Morgan fingerprint density at radius 2 is 2.11 bits per heavy atom. The van der Waals surface area contributed by atoms with Crippen molar-refractivity contribution in [2.45, 2.75) is 13.0 Å². The lowest BCUT2D eigenvalue weighted by Gasteiger charge is -2.08. The number of halogens is 1. The Morgan fingerprint density at radius 1 is 1.44 bits per heavy atom. The van der Waals surface area contributed by atoms with Gasteiger partial charge in [-0.15, -0.1) is 0 Å². The van der Waals surface area contributed by atoms with E-state index < -0.39 is 17.9 Å². The molecule has 1 rings (SSSR count). The van der Waals surface area contributed by atoms with Crippen LogP contribution in [0, 0.1) is 0 Å². The molecule has 0 aromatic heterocycles. The molecule has 1 atom stereocenters. The lowest BCUT2D eigenvalue weighted by atomic mass is 10.3. The van der Waals surface area contributed by atoms with Crippen LogP contribution in [-0.4, -0.2) is 29.6 Å². The maximum absolute atomic E-state index is 11.4. The fourth-order valence-electron chi connectivity index (χ4n) is 1.11. The van der Waals surface area contributed by atoms with Crippen LogP contribution in [0.3, 0.4) is 0 Å². The SMILES string of the molecule is CC(O)CNC(=O)C(=O)Nc1ccc(N)c(Cl)c1.